The lowest BCUT2D eigenvalue weighted by Crippen LogP contribution is -2.17. The molecule has 574 valence electrons. The van der Waals surface area contributed by atoms with Gasteiger partial charge < -0.3 is 4.42 Å². The number of hydrogen-bond donors (Lipinski definition) is 0. The number of hydrogen-bond acceptors (Lipinski definition) is 12. The standard InChI is InChI=1S/C26H14ClFN2OS.C23H16ClFN4O.C22H12ClFN2O2.C22H12ClFN2OS/c27-21-12-17(7-8-22(21)28)30-25(31)10-6-16-13-29-23-9-5-15(11-19(23)26(16)30)20-14-32-24-4-2-1-3-18(20)24;1-28-9-8-16(27-28)10-14-2-6-21-18(11-14)23-15(13-26-21)3-7-22(30)29(23)17-4-5-20(25)19(24)12-17;2*23-18-10-16(3-4-19(18)24)26-21(27)6-2-14-11-25-20-5-1-13(9-17(20)22(14)26)15-7-8-28-12-15/h1-14H;2-9,11-13H,10H2,1H3;2*1-12H. The Kier molecular flexibility index (Phi) is 20.3. The average Bonchev–Trinajstić information content (AvgIpc) is 1.11. The van der Waals surface area contributed by atoms with Crippen molar-refractivity contribution in [2.75, 3.05) is 0 Å². The summed E-state index contributed by atoms with van der Waals surface area (Å²) in [5.41, 5.74) is 15.2. The van der Waals surface area contributed by atoms with Gasteiger partial charge in [-0.25, -0.2) is 17.6 Å². The highest BCUT2D eigenvalue weighted by Crippen LogP contribution is 2.39. The van der Waals surface area contributed by atoms with E-state index in [1.165, 1.54) is 93.5 Å². The van der Waals surface area contributed by atoms with Crippen molar-refractivity contribution in [3.63, 3.8) is 0 Å². The Morgan fingerprint density at radius 1 is 0.381 bits per heavy atom. The number of pyridine rings is 8. The second-order valence-corrected chi connectivity index (χ2v) is 30.9. The van der Waals surface area contributed by atoms with Gasteiger partial charge in [-0.15, -0.1) is 11.3 Å². The molecule has 0 unspecified atom stereocenters. The van der Waals surface area contributed by atoms with Gasteiger partial charge in [0.05, 0.1) is 105 Å². The topological polar surface area (TPSA) is 171 Å². The molecule has 0 saturated carbocycles. The molecule has 0 aliphatic carbocycles. The molecule has 12 heterocycles. The van der Waals surface area contributed by atoms with E-state index in [-0.39, 0.29) is 42.3 Å². The Bertz CT molecular complexity index is 7670. The summed E-state index contributed by atoms with van der Waals surface area (Å²) < 4.78 is 69.2. The Balaban J connectivity index is 0.000000109. The number of halogens is 8. The number of rotatable bonds is 9. The van der Waals surface area contributed by atoms with Gasteiger partial charge in [0.15, 0.2) is 0 Å². The van der Waals surface area contributed by atoms with E-state index in [9.17, 15) is 36.7 Å². The summed E-state index contributed by atoms with van der Waals surface area (Å²) in [4.78, 5) is 69.5. The van der Waals surface area contributed by atoms with Crippen LogP contribution >= 0.6 is 69.1 Å². The Hall–Kier alpha value is -13.5. The van der Waals surface area contributed by atoms with E-state index in [4.69, 9.17) is 50.8 Å². The summed E-state index contributed by atoms with van der Waals surface area (Å²) in [5, 5.41) is 18.3. The lowest BCUT2D eigenvalue weighted by Gasteiger charge is -2.13. The van der Waals surface area contributed by atoms with E-state index in [1.807, 2.05) is 104 Å². The van der Waals surface area contributed by atoms with Crippen molar-refractivity contribution in [2.45, 2.75) is 6.42 Å². The Labute approximate surface area is 693 Å². The highest BCUT2D eigenvalue weighted by Gasteiger charge is 2.20. The summed E-state index contributed by atoms with van der Waals surface area (Å²) in [6, 6.07) is 68.1. The SMILES string of the molecule is Cn1ccc(Cc2ccc3ncc4ccc(=O)n(-c5ccc(F)c(Cl)c5)c4c3c2)n1.O=c1ccc2cnc3ccc(-c4ccoc4)cc3c2n1-c1ccc(F)c(Cl)c1.O=c1ccc2cnc3ccc(-c4ccsc4)cc3c2n1-c1ccc(F)c(Cl)c1.O=c1ccc2cnc3ccc(-c4csc5ccccc45)cc3c2n1-c1ccc(F)c(Cl)c1. The van der Waals surface area contributed by atoms with E-state index in [2.05, 4.69) is 66.1 Å². The van der Waals surface area contributed by atoms with Crippen molar-refractivity contribution < 1.29 is 22.0 Å². The second-order valence-electron chi connectivity index (χ2n) is 27.5. The van der Waals surface area contributed by atoms with Gasteiger partial charge in [0.1, 0.15) is 23.3 Å². The summed E-state index contributed by atoms with van der Waals surface area (Å²) in [6.45, 7) is 0. The van der Waals surface area contributed by atoms with Crippen LogP contribution in [0.2, 0.25) is 20.1 Å². The van der Waals surface area contributed by atoms with Crippen molar-refractivity contribution in [1.29, 1.82) is 0 Å². The molecule has 25 heteroatoms. The van der Waals surface area contributed by atoms with Crippen molar-refractivity contribution >= 4 is 166 Å². The van der Waals surface area contributed by atoms with Crippen molar-refractivity contribution in [3.05, 3.63) is 392 Å². The maximum Gasteiger partial charge on any atom is 0.255 e. The van der Waals surface area contributed by atoms with Crippen molar-refractivity contribution in [3.8, 4) is 56.1 Å². The van der Waals surface area contributed by atoms with E-state index in [0.717, 1.165) is 115 Å². The number of thiophene rings is 2. The predicted octanol–water partition coefficient (Wildman–Crippen LogP) is 23.5. The first kappa shape index (κ1) is 75.8. The van der Waals surface area contributed by atoms with E-state index < -0.39 is 23.3 Å². The molecule has 0 bridgehead atoms. The predicted molar refractivity (Wildman–Crippen MR) is 467 cm³/mol. The summed E-state index contributed by atoms with van der Waals surface area (Å²) >= 11 is 27.3. The molecule has 15 nitrogen and oxygen atoms in total. The largest absolute Gasteiger partial charge is 0.472 e. The maximum atomic E-state index is 13.8. The van der Waals surface area contributed by atoms with Crippen LogP contribution in [0.3, 0.4) is 0 Å². The molecule has 0 fully saturated rings. The average molecular weight is 1670 g/mol. The molecule has 21 rings (SSSR count). The Morgan fingerprint density at radius 3 is 1.19 bits per heavy atom. The first-order valence-electron chi connectivity index (χ1n) is 36.4. The van der Waals surface area contributed by atoms with Crippen LogP contribution in [0.4, 0.5) is 17.6 Å². The molecular weight excluding hydrogens is 1620 g/mol. The van der Waals surface area contributed by atoms with Gasteiger partial charge in [0.25, 0.3) is 22.2 Å². The van der Waals surface area contributed by atoms with Crippen LogP contribution in [0.15, 0.2) is 320 Å². The van der Waals surface area contributed by atoms with Crippen molar-refractivity contribution in [2.24, 2.45) is 7.05 Å². The van der Waals surface area contributed by atoms with E-state index in [0.29, 0.717) is 45.7 Å². The van der Waals surface area contributed by atoms with Gasteiger partial charge >= 0.3 is 0 Å². The smallest absolute Gasteiger partial charge is 0.255 e. The van der Waals surface area contributed by atoms with Crippen LogP contribution < -0.4 is 22.2 Å². The minimum Gasteiger partial charge on any atom is -0.472 e. The molecule has 0 aliphatic rings. The van der Waals surface area contributed by atoms with E-state index >= 15 is 0 Å². The molecule has 12 aromatic heterocycles. The highest BCUT2D eigenvalue weighted by molar-refractivity contribution is 7.17. The molecule has 0 aliphatic heterocycles. The van der Waals surface area contributed by atoms with Crippen LogP contribution in [0.1, 0.15) is 11.3 Å². The zero-order valence-corrected chi connectivity index (χ0v) is 66.0. The van der Waals surface area contributed by atoms with Crippen LogP contribution in [0, 0.1) is 23.3 Å². The molecule has 0 spiro atoms. The third-order valence-electron chi connectivity index (χ3n) is 20.2. The minimum absolute atomic E-state index is 0.0290. The zero-order chi connectivity index (χ0) is 81.1. The quantitative estimate of drug-likeness (QED) is 0.100. The Morgan fingerprint density at radius 2 is 0.788 bits per heavy atom. The summed E-state index contributed by atoms with van der Waals surface area (Å²) in [6.07, 6.45) is 12.8. The molecule has 9 aromatic carbocycles. The van der Waals surface area contributed by atoms with Gasteiger partial charge in [0, 0.05) is 133 Å². The summed E-state index contributed by atoms with van der Waals surface area (Å²) in [5.74, 6) is -2.11. The molecule has 0 saturated heterocycles. The van der Waals surface area contributed by atoms with Gasteiger partial charge in [-0.05, 0) is 214 Å². The fourth-order valence-corrected chi connectivity index (χ4v) is 17.0. The number of aryl methyl sites for hydroxylation is 1. The fraction of sp³-hybridized carbons (Fsp3) is 0.0215. The number of benzene rings is 9. The van der Waals surface area contributed by atoms with E-state index in [1.54, 1.807) is 121 Å². The molecule has 0 amide bonds. The highest BCUT2D eigenvalue weighted by atomic mass is 35.5. The lowest BCUT2D eigenvalue weighted by atomic mass is 10.0. The van der Waals surface area contributed by atoms with Crippen LogP contribution in [-0.2, 0) is 13.5 Å². The first-order valence-corrected chi connectivity index (χ1v) is 39.8. The fourth-order valence-electron chi connectivity index (χ4n) is 14.7. The molecular formula is C93H54Cl4F4N10O5S2. The van der Waals surface area contributed by atoms with Crippen LogP contribution in [0.5, 0.6) is 0 Å². The lowest BCUT2D eigenvalue weighted by molar-refractivity contribution is 0.568. The van der Waals surface area contributed by atoms with Crippen LogP contribution in [-0.4, -0.2) is 48.0 Å². The first-order chi connectivity index (χ1) is 57.3. The number of furan rings is 1. The van der Waals surface area contributed by atoms with Crippen molar-refractivity contribution in [1.82, 2.24) is 48.0 Å². The number of aromatic nitrogens is 10. The normalized spacial score (nSPS) is 11.4. The maximum absolute atomic E-state index is 13.8. The zero-order valence-electron chi connectivity index (χ0n) is 61.4. The summed E-state index contributed by atoms with van der Waals surface area (Å²) in [7, 11) is 1.88. The van der Waals surface area contributed by atoms with Gasteiger partial charge in [-0.3, -0.25) is 62.1 Å². The minimum atomic E-state index is -0.535. The third kappa shape index (κ3) is 14.5. The van der Waals surface area contributed by atoms with Gasteiger partial charge in [0.2, 0.25) is 0 Å². The molecule has 0 radical (unpaired) electrons. The van der Waals surface area contributed by atoms with Gasteiger partial charge in [-0.2, -0.15) is 16.4 Å². The van der Waals surface area contributed by atoms with Crippen LogP contribution in [0.25, 0.3) is 153 Å². The third-order valence-corrected chi connectivity index (χ3v) is 23.0. The number of fused-ring (bicyclic) bond motifs is 13. The molecule has 21 aromatic rings. The molecule has 0 atom stereocenters. The van der Waals surface area contributed by atoms with Gasteiger partial charge in [-0.1, -0.05) is 88.9 Å². The molecule has 118 heavy (non-hydrogen) atoms. The molecule has 0 N–H and O–H groups in total. The number of nitrogens with zero attached hydrogens (tertiary/aromatic N) is 10. The second kappa shape index (κ2) is 31.6. The monoisotopic (exact) mass is 1670 g/mol.